The van der Waals surface area contributed by atoms with Crippen LogP contribution in [-0.4, -0.2) is 41.3 Å². The fraction of sp³-hybridized carbons (Fsp3) is 0.500. The summed E-state index contributed by atoms with van der Waals surface area (Å²) in [6, 6.07) is -1.04. The van der Waals surface area contributed by atoms with Crippen LogP contribution in [0.25, 0.3) is 0 Å². The highest BCUT2D eigenvalue weighted by Gasteiger charge is 2.15. The molecule has 0 rings (SSSR count). The van der Waals surface area contributed by atoms with E-state index in [9.17, 15) is 19.2 Å². The maximum atomic E-state index is 11.0. The Morgan fingerprint density at radius 2 is 1.80 bits per heavy atom. The number of hydrogen-bond donors (Lipinski definition) is 3. The number of amides is 2. The van der Waals surface area contributed by atoms with Crippen molar-refractivity contribution < 1.29 is 24.3 Å². The van der Waals surface area contributed by atoms with Crippen molar-refractivity contribution in [1.29, 1.82) is 0 Å². The number of rotatable bonds is 5. The molecule has 7 heteroatoms. The van der Waals surface area contributed by atoms with Crippen LogP contribution in [-0.2, 0) is 19.2 Å². The predicted octanol–water partition coefficient (Wildman–Crippen LogP) is -1.72. The van der Waals surface area contributed by atoms with Gasteiger partial charge in [-0.1, -0.05) is 0 Å². The molecule has 0 unspecified atom stereocenters. The molecule has 0 aromatic heterocycles. The van der Waals surface area contributed by atoms with Gasteiger partial charge >= 0.3 is 5.97 Å². The second-order valence-electron chi connectivity index (χ2n) is 2.87. The summed E-state index contributed by atoms with van der Waals surface area (Å²) in [6.45, 7) is 1.93. The minimum Gasteiger partial charge on any atom is -0.480 e. The van der Waals surface area contributed by atoms with Crippen molar-refractivity contribution in [2.24, 2.45) is 0 Å². The van der Waals surface area contributed by atoms with Crippen LogP contribution >= 0.6 is 0 Å². The molecule has 0 radical (unpaired) electrons. The van der Waals surface area contributed by atoms with Gasteiger partial charge in [0.25, 0.3) is 5.91 Å². The highest BCUT2D eigenvalue weighted by atomic mass is 16.4. The molecule has 15 heavy (non-hydrogen) atoms. The maximum absolute atomic E-state index is 11.0. The number of nitrogens with one attached hydrogen (secondary N) is 2. The molecule has 0 spiro atoms. The zero-order chi connectivity index (χ0) is 12.0. The van der Waals surface area contributed by atoms with Crippen LogP contribution in [0.4, 0.5) is 0 Å². The predicted molar refractivity (Wildman–Crippen MR) is 48.9 cm³/mol. The van der Waals surface area contributed by atoms with Crippen LogP contribution < -0.4 is 10.6 Å². The average Bonchev–Trinajstić information content (AvgIpc) is 2.13. The smallest absolute Gasteiger partial charge is 0.325 e. The molecule has 0 heterocycles. The Labute approximate surface area is 85.8 Å². The third-order valence-corrected chi connectivity index (χ3v) is 1.48. The van der Waals surface area contributed by atoms with Crippen LogP contribution in [0.3, 0.4) is 0 Å². The molecule has 2 amide bonds. The summed E-state index contributed by atoms with van der Waals surface area (Å²) in [4.78, 5) is 42.5. The minimum atomic E-state index is -1.18. The lowest BCUT2D eigenvalue weighted by molar-refractivity contribution is -0.141. The first-order valence-corrected chi connectivity index (χ1v) is 4.15. The Kier molecular flexibility index (Phi) is 5.00. The van der Waals surface area contributed by atoms with E-state index in [2.05, 4.69) is 5.32 Å². The highest BCUT2D eigenvalue weighted by molar-refractivity contribution is 6.35. The summed E-state index contributed by atoms with van der Waals surface area (Å²) in [5.41, 5.74) is 0. The topological polar surface area (TPSA) is 113 Å². The Balaban J connectivity index is 3.91. The summed E-state index contributed by atoms with van der Waals surface area (Å²) < 4.78 is 0. The Morgan fingerprint density at radius 3 is 2.20 bits per heavy atom. The highest BCUT2D eigenvalue weighted by Crippen LogP contribution is 1.80. The van der Waals surface area contributed by atoms with E-state index in [-0.39, 0.29) is 0 Å². The summed E-state index contributed by atoms with van der Waals surface area (Å²) in [7, 11) is 0. The number of carbonyl (C=O) groups excluding carboxylic acids is 3. The zero-order valence-electron chi connectivity index (χ0n) is 8.36. The summed E-state index contributed by atoms with van der Waals surface area (Å²) in [5.74, 6) is -3.44. The molecular formula is C8H12N2O5. The van der Waals surface area contributed by atoms with E-state index in [1.807, 2.05) is 5.32 Å². The summed E-state index contributed by atoms with van der Waals surface area (Å²) in [6.07, 6.45) is 0. The molecule has 0 fully saturated rings. The maximum Gasteiger partial charge on any atom is 0.325 e. The first-order chi connectivity index (χ1) is 6.84. The molecule has 0 bridgehead atoms. The Hall–Kier alpha value is -1.92. The molecule has 0 aliphatic carbocycles. The van der Waals surface area contributed by atoms with Gasteiger partial charge in [-0.15, -0.1) is 0 Å². The van der Waals surface area contributed by atoms with Crippen LogP contribution in [0, 0.1) is 0 Å². The van der Waals surface area contributed by atoms with Gasteiger partial charge in [0.15, 0.2) is 0 Å². The van der Waals surface area contributed by atoms with Gasteiger partial charge in [-0.05, 0) is 6.92 Å². The van der Waals surface area contributed by atoms with Gasteiger partial charge < -0.3 is 15.7 Å². The number of carboxylic acids is 1. The van der Waals surface area contributed by atoms with Crippen LogP contribution in [0.15, 0.2) is 0 Å². The number of carboxylic acid groups (broad SMARTS) is 1. The number of ketones is 1. The number of aliphatic carboxylic acids is 1. The van der Waals surface area contributed by atoms with E-state index in [0.717, 1.165) is 6.92 Å². The molecule has 0 aliphatic rings. The SMILES string of the molecule is CC(=O)C(=O)NCC(=O)N[C@@H](C)C(=O)O. The summed E-state index contributed by atoms with van der Waals surface area (Å²) in [5, 5.41) is 12.6. The van der Waals surface area contributed by atoms with Crippen LogP contribution in [0.2, 0.25) is 0 Å². The molecule has 3 N–H and O–H groups in total. The third kappa shape index (κ3) is 5.40. The monoisotopic (exact) mass is 216 g/mol. The van der Waals surface area contributed by atoms with Gasteiger partial charge in [-0.25, -0.2) is 0 Å². The zero-order valence-corrected chi connectivity index (χ0v) is 8.36. The fourth-order valence-corrected chi connectivity index (χ4v) is 0.639. The summed E-state index contributed by atoms with van der Waals surface area (Å²) >= 11 is 0. The first-order valence-electron chi connectivity index (χ1n) is 4.15. The first kappa shape index (κ1) is 13.1. The van der Waals surface area contributed by atoms with Crippen molar-refractivity contribution in [1.82, 2.24) is 10.6 Å². The second kappa shape index (κ2) is 5.74. The van der Waals surface area contributed by atoms with E-state index in [1.54, 1.807) is 0 Å². The molecule has 1 atom stereocenters. The van der Waals surface area contributed by atoms with Crippen molar-refractivity contribution in [3.8, 4) is 0 Å². The van der Waals surface area contributed by atoms with E-state index < -0.39 is 36.2 Å². The van der Waals surface area contributed by atoms with Crippen molar-refractivity contribution in [2.75, 3.05) is 6.54 Å². The van der Waals surface area contributed by atoms with Gasteiger partial charge in [-0.2, -0.15) is 0 Å². The van der Waals surface area contributed by atoms with Gasteiger partial charge in [-0.3, -0.25) is 19.2 Å². The van der Waals surface area contributed by atoms with Gasteiger partial charge in [0.2, 0.25) is 11.7 Å². The minimum absolute atomic E-state index is 0.421. The second-order valence-corrected chi connectivity index (χ2v) is 2.87. The van der Waals surface area contributed by atoms with Gasteiger partial charge in [0, 0.05) is 6.92 Å². The number of carbonyl (C=O) groups is 4. The van der Waals surface area contributed by atoms with Gasteiger partial charge in [0.05, 0.1) is 6.54 Å². The lowest BCUT2D eigenvalue weighted by Gasteiger charge is -2.09. The van der Waals surface area contributed by atoms with Crippen molar-refractivity contribution >= 4 is 23.6 Å². The molecule has 0 aliphatic heterocycles. The van der Waals surface area contributed by atoms with Crippen molar-refractivity contribution in [3.05, 3.63) is 0 Å². The molecule has 7 nitrogen and oxygen atoms in total. The van der Waals surface area contributed by atoms with Crippen molar-refractivity contribution in [2.45, 2.75) is 19.9 Å². The van der Waals surface area contributed by atoms with Crippen LogP contribution in [0.1, 0.15) is 13.8 Å². The van der Waals surface area contributed by atoms with E-state index >= 15 is 0 Å². The third-order valence-electron chi connectivity index (χ3n) is 1.48. The lowest BCUT2D eigenvalue weighted by atomic mass is 10.3. The normalized spacial score (nSPS) is 11.3. The number of Topliss-reactive ketones (excluding diaryl/α,β-unsaturated/α-hetero) is 1. The van der Waals surface area contributed by atoms with Crippen molar-refractivity contribution in [3.63, 3.8) is 0 Å². The van der Waals surface area contributed by atoms with Crippen LogP contribution in [0.5, 0.6) is 0 Å². The molecule has 0 aromatic carbocycles. The average molecular weight is 216 g/mol. The van der Waals surface area contributed by atoms with E-state index in [0.29, 0.717) is 0 Å². The molecule has 84 valence electrons. The largest absolute Gasteiger partial charge is 0.480 e. The molecular weight excluding hydrogens is 204 g/mol. The Bertz CT molecular complexity index is 299. The standard InChI is InChI=1S/C8H12N2O5/c1-4(8(14)15)10-6(12)3-9-7(13)5(2)11/h4H,3H2,1-2H3,(H,9,13)(H,10,12)(H,14,15)/t4-/m0/s1. The Morgan fingerprint density at radius 1 is 1.27 bits per heavy atom. The van der Waals surface area contributed by atoms with E-state index in [4.69, 9.17) is 5.11 Å². The molecule has 0 aromatic rings. The number of hydrogen-bond acceptors (Lipinski definition) is 4. The quantitative estimate of drug-likeness (QED) is 0.473. The van der Waals surface area contributed by atoms with E-state index in [1.165, 1.54) is 6.92 Å². The molecule has 0 saturated heterocycles. The van der Waals surface area contributed by atoms with Gasteiger partial charge in [0.1, 0.15) is 6.04 Å². The fourth-order valence-electron chi connectivity index (χ4n) is 0.639. The lowest BCUT2D eigenvalue weighted by Crippen LogP contribution is -2.44. The molecule has 0 saturated carbocycles.